The van der Waals surface area contributed by atoms with Crippen LogP contribution in [0.2, 0.25) is 0 Å². The highest BCUT2D eigenvalue weighted by molar-refractivity contribution is 5.39. The molecule has 2 aromatic heterocycles. The highest BCUT2D eigenvalue weighted by Gasteiger charge is 2.05. The normalized spacial score (nSPS) is 9.50. The molecule has 0 aromatic carbocycles. The van der Waals surface area contributed by atoms with Crippen LogP contribution in [0, 0.1) is 17.3 Å². The average molecular weight is 215 g/mol. The smallest absolute Gasteiger partial charge is 0.237 e. The molecule has 2 rings (SSSR count). The molecule has 16 heavy (non-hydrogen) atoms. The molecule has 2 aromatic rings. The fourth-order valence-electron chi connectivity index (χ4n) is 1.09. The van der Waals surface area contributed by atoms with Gasteiger partial charge in [-0.2, -0.15) is 9.65 Å². The number of hydrogen-bond donors (Lipinski definition) is 0. The quantitative estimate of drug-likeness (QED) is 0.721. The topological polar surface area (TPSA) is 58.8 Å². The molecule has 0 saturated heterocycles. The second-order valence-electron chi connectivity index (χ2n) is 2.89. The number of pyridine rings is 2. The SMILES string of the molecule is N#Cc1cccnc1Oc1ccc(F)nc1. The lowest BCUT2D eigenvalue weighted by molar-refractivity contribution is 0.454. The van der Waals surface area contributed by atoms with Gasteiger partial charge in [-0.05, 0) is 24.3 Å². The Labute approximate surface area is 91.0 Å². The largest absolute Gasteiger partial charge is 0.436 e. The molecular formula is C11H6FN3O. The molecule has 2 heterocycles. The Balaban J connectivity index is 2.27. The summed E-state index contributed by atoms with van der Waals surface area (Å²) in [6.45, 7) is 0. The van der Waals surface area contributed by atoms with E-state index in [0.29, 0.717) is 11.3 Å². The first-order chi connectivity index (χ1) is 7.79. The van der Waals surface area contributed by atoms with Crippen LogP contribution in [-0.2, 0) is 0 Å². The fourth-order valence-corrected chi connectivity index (χ4v) is 1.09. The van der Waals surface area contributed by atoms with Crippen molar-refractivity contribution < 1.29 is 9.13 Å². The Hall–Kier alpha value is -2.48. The van der Waals surface area contributed by atoms with Gasteiger partial charge in [-0.15, -0.1) is 0 Å². The van der Waals surface area contributed by atoms with Crippen LogP contribution in [0.5, 0.6) is 11.6 Å². The minimum atomic E-state index is -0.589. The maximum absolute atomic E-state index is 12.5. The van der Waals surface area contributed by atoms with Crippen LogP contribution in [-0.4, -0.2) is 9.97 Å². The first-order valence-corrected chi connectivity index (χ1v) is 4.44. The number of halogens is 1. The monoisotopic (exact) mass is 215 g/mol. The predicted octanol–water partition coefficient (Wildman–Crippen LogP) is 2.28. The Morgan fingerprint density at radius 2 is 2.12 bits per heavy atom. The van der Waals surface area contributed by atoms with Crippen molar-refractivity contribution in [2.75, 3.05) is 0 Å². The number of hydrogen-bond acceptors (Lipinski definition) is 4. The predicted molar refractivity (Wildman–Crippen MR) is 53.2 cm³/mol. The lowest BCUT2D eigenvalue weighted by Crippen LogP contribution is -1.92. The van der Waals surface area contributed by atoms with Crippen molar-refractivity contribution in [1.82, 2.24) is 9.97 Å². The molecule has 0 amide bonds. The molecule has 0 unspecified atom stereocenters. The van der Waals surface area contributed by atoms with Crippen LogP contribution in [0.3, 0.4) is 0 Å². The van der Waals surface area contributed by atoms with Gasteiger partial charge >= 0.3 is 0 Å². The van der Waals surface area contributed by atoms with Gasteiger partial charge in [-0.1, -0.05) is 0 Å². The van der Waals surface area contributed by atoms with Crippen LogP contribution in [0.25, 0.3) is 0 Å². The van der Waals surface area contributed by atoms with Gasteiger partial charge in [0.15, 0.2) is 0 Å². The molecule has 5 heteroatoms. The summed E-state index contributed by atoms with van der Waals surface area (Å²) in [5, 5.41) is 8.79. The zero-order valence-electron chi connectivity index (χ0n) is 8.09. The van der Waals surface area contributed by atoms with Gasteiger partial charge in [-0.25, -0.2) is 9.97 Å². The molecule has 0 bridgehead atoms. The Morgan fingerprint density at radius 3 is 2.81 bits per heavy atom. The minimum Gasteiger partial charge on any atom is -0.436 e. The van der Waals surface area contributed by atoms with E-state index in [2.05, 4.69) is 9.97 Å². The molecule has 78 valence electrons. The van der Waals surface area contributed by atoms with Crippen molar-refractivity contribution >= 4 is 0 Å². The van der Waals surface area contributed by atoms with Gasteiger partial charge in [0.1, 0.15) is 17.4 Å². The molecule has 0 aliphatic carbocycles. The van der Waals surface area contributed by atoms with Gasteiger partial charge in [0, 0.05) is 6.20 Å². The molecule has 0 N–H and O–H groups in total. The number of nitrogens with zero attached hydrogens (tertiary/aromatic N) is 3. The van der Waals surface area contributed by atoms with Crippen molar-refractivity contribution in [2.45, 2.75) is 0 Å². The summed E-state index contributed by atoms with van der Waals surface area (Å²) in [5.74, 6) is -0.0797. The molecule has 0 aliphatic rings. The van der Waals surface area contributed by atoms with Gasteiger partial charge < -0.3 is 4.74 Å². The third-order valence-corrected chi connectivity index (χ3v) is 1.81. The number of rotatable bonds is 2. The van der Waals surface area contributed by atoms with Crippen LogP contribution < -0.4 is 4.74 Å². The van der Waals surface area contributed by atoms with Crippen LogP contribution in [0.1, 0.15) is 5.56 Å². The zero-order valence-corrected chi connectivity index (χ0v) is 8.09. The Kier molecular flexibility index (Phi) is 2.74. The first-order valence-electron chi connectivity index (χ1n) is 4.44. The second-order valence-corrected chi connectivity index (χ2v) is 2.89. The zero-order chi connectivity index (χ0) is 11.4. The van der Waals surface area contributed by atoms with Gasteiger partial charge in [0.05, 0.1) is 6.20 Å². The van der Waals surface area contributed by atoms with Crippen LogP contribution in [0.4, 0.5) is 4.39 Å². The summed E-state index contributed by atoms with van der Waals surface area (Å²) < 4.78 is 17.8. The standard InChI is InChI=1S/C11H6FN3O/c12-10-4-3-9(7-15-10)16-11-8(6-13)2-1-5-14-11/h1-5,7H. The van der Waals surface area contributed by atoms with E-state index < -0.39 is 5.95 Å². The molecule has 0 atom stereocenters. The fraction of sp³-hybridized carbons (Fsp3) is 0. The summed E-state index contributed by atoms with van der Waals surface area (Å²) in [5.41, 5.74) is 0.312. The van der Waals surface area contributed by atoms with Gasteiger partial charge in [0.25, 0.3) is 0 Å². The van der Waals surface area contributed by atoms with Crippen LogP contribution in [0.15, 0.2) is 36.7 Å². The van der Waals surface area contributed by atoms with E-state index in [-0.39, 0.29) is 5.88 Å². The molecule has 0 fully saturated rings. The van der Waals surface area contributed by atoms with E-state index >= 15 is 0 Å². The van der Waals surface area contributed by atoms with E-state index in [0.717, 1.165) is 0 Å². The molecule has 0 spiro atoms. The van der Waals surface area contributed by atoms with E-state index in [1.165, 1.54) is 24.5 Å². The van der Waals surface area contributed by atoms with Crippen LogP contribution >= 0.6 is 0 Å². The highest BCUT2D eigenvalue weighted by atomic mass is 19.1. The third-order valence-electron chi connectivity index (χ3n) is 1.81. The average Bonchev–Trinajstić information content (AvgIpc) is 2.33. The maximum Gasteiger partial charge on any atom is 0.237 e. The van der Waals surface area contributed by atoms with E-state index in [9.17, 15) is 4.39 Å². The number of aromatic nitrogens is 2. The maximum atomic E-state index is 12.5. The number of ether oxygens (including phenoxy) is 1. The first kappa shape index (κ1) is 10.1. The molecule has 0 aliphatic heterocycles. The van der Waals surface area contributed by atoms with Crippen molar-refractivity contribution in [1.29, 1.82) is 5.26 Å². The highest BCUT2D eigenvalue weighted by Crippen LogP contribution is 2.21. The molecule has 0 radical (unpaired) electrons. The van der Waals surface area contributed by atoms with Crippen molar-refractivity contribution in [3.05, 3.63) is 48.2 Å². The summed E-state index contributed by atoms with van der Waals surface area (Å²) >= 11 is 0. The third kappa shape index (κ3) is 2.12. The lowest BCUT2D eigenvalue weighted by Gasteiger charge is -2.04. The summed E-state index contributed by atoms with van der Waals surface area (Å²) in [7, 11) is 0. The van der Waals surface area contributed by atoms with Crippen molar-refractivity contribution in [3.63, 3.8) is 0 Å². The molecular weight excluding hydrogens is 209 g/mol. The summed E-state index contributed by atoms with van der Waals surface area (Å²) in [4.78, 5) is 7.33. The summed E-state index contributed by atoms with van der Waals surface area (Å²) in [6, 6.07) is 7.75. The van der Waals surface area contributed by atoms with Gasteiger partial charge in [0.2, 0.25) is 11.8 Å². The lowest BCUT2D eigenvalue weighted by atomic mass is 10.3. The summed E-state index contributed by atoms with van der Waals surface area (Å²) in [6.07, 6.45) is 2.73. The van der Waals surface area contributed by atoms with Crippen molar-refractivity contribution in [3.8, 4) is 17.7 Å². The number of nitriles is 1. The Bertz CT molecular complexity index is 534. The van der Waals surface area contributed by atoms with Crippen molar-refractivity contribution in [2.24, 2.45) is 0 Å². The minimum absolute atomic E-state index is 0.179. The molecule has 0 saturated carbocycles. The van der Waals surface area contributed by atoms with E-state index in [4.69, 9.17) is 10.00 Å². The van der Waals surface area contributed by atoms with Gasteiger partial charge in [-0.3, -0.25) is 0 Å². The molecule has 4 nitrogen and oxygen atoms in total. The Morgan fingerprint density at radius 1 is 1.25 bits per heavy atom. The van der Waals surface area contributed by atoms with E-state index in [1.54, 1.807) is 12.1 Å². The second kappa shape index (κ2) is 4.36. The van der Waals surface area contributed by atoms with E-state index in [1.807, 2.05) is 6.07 Å².